The van der Waals surface area contributed by atoms with E-state index in [9.17, 15) is 18.0 Å². The Morgan fingerprint density at radius 3 is 2.25 bits per heavy atom. The van der Waals surface area contributed by atoms with Crippen molar-refractivity contribution in [3.05, 3.63) is 47.7 Å². The number of rotatable bonds is 3. The monoisotopic (exact) mass is 445 g/mol. The first-order valence-electron chi connectivity index (χ1n) is 11.5. The summed E-state index contributed by atoms with van der Waals surface area (Å²) < 4.78 is 48.7. The predicted molar refractivity (Wildman–Crippen MR) is 111 cm³/mol. The van der Waals surface area contributed by atoms with Crippen LogP contribution < -0.4 is 5.32 Å². The van der Waals surface area contributed by atoms with Crippen molar-refractivity contribution in [2.45, 2.75) is 68.8 Å². The number of fused-ring (bicyclic) bond motifs is 1. The molecule has 8 heteroatoms. The van der Waals surface area contributed by atoms with Gasteiger partial charge < -0.3 is 10.1 Å². The van der Waals surface area contributed by atoms with E-state index in [1.54, 1.807) is 24.3 Å². The first-order valence-corrected chi connectivity index (χ1v) is 11.5. The lowest BCUT2D eigenvalue weighted by atomic mass is 9.54. The number of nitrogens with zero attached hydrogens (tertiary/aromatic N) is 2. The molecule has 1 aromatic carbocycles. The Morgan fingerprint density at radius 2 is 1.66 bits per heavy atom. The Kier molecular flexibility index (Phi) is 4.40. The summed E-state index contributed by atoms with van der Waals surface area (Å²) in [7, 11) is 0. The van der Waals surface area contributed by atoms with Gasteiger partial charge in [-0.2, -0.15) is 18.3 Å². The van der Waals surface area contributed by atoms with Crippen LogP contribution in [-0.4, -0.2) is 27.5 Å². The molecular weight excluding hydrogens is 419 g/mol. The van der Waals surface area contributed by atoms with Gasteiger partial charge >= 0.3 is 12.1 Å². The smallest absolute Gasteiger partial charge is 0.410 e. The maximum Gasteiger partial charge on any atom is 0.410 e. The molecule has 4 saturated carbocycles. The zero-order chi connectivity index (χ0) is 22.1. The van der Waals surface area contributed by atoms with Gasteiger partial charge in [0.05, 0.1) is 12.2 Å². The molecule has 4 aliphatic carbocycles. The van der Waals surface area contributed by atoms with Crippen LogP contribution in [0.5, 0.6) is 0 Å². The van der Waals surface area contributed by atoms with E-state index in [1.165, 1.54) is 25.5 Å². The second-order valence-electron chi connectivity index (χ2n) is 10.2. The van der Waals surface area contributed by atoms with E-state index in [2.05, 4.69) is 10.4 Å². The van der Waals surface area contributed by atoms with E-state index in [1.807, 2.05) is 6.07 Å². The van der Waals surface area contributed by atoms with Crippen molar-refractivity contribution in [1.82, 2.24) is 9.78 Å². The van der Waals surface area contributed by atoms with Crippen LogP contribution in [0.15, 0.2) is 36.5 Å². The molecule has 1 aromatic heterocycles. The fraction of sp³-hybridized carbons (Fsp3) is 0.583. The molecule has 7 rings (SSSR count). The van der Waals surface area contributed by atoms with Gasteiger partial charge in [-0.3, -0.25) is 0 Å². The van der Waals surface area contributed by atoms with Crippen molar-refractivity contribution in [3.8, 4) is 0 Å². The molecule has 4 bridgehead atoms. The SMILES string of the molecule is O=C(OC12CC3CC(CC(C3)C1)C2)c1cnn2c1N[C@H](c1ccccc1)C[C@@H]2C(F)(F)F. The van der Waals surface area contributed by atoms with Crippen molar-refractivity contribution in [2.75, 3.05) is 5.32 Å². The summed E-state index contributed by atoms with van der Waals surface area (Å²) in [4.78, 5) is 13.3. The number of benzene rings is 1. The van der Waals surface area contributed by atoms with E-state index in [0.717, 1.165) is 29.5 Å². The number of anilines is 1. The standard InChI is InChI=1S/C24H26F3N3O2/c25-24(26,27)20-9-19(17-4-2-1-3-5-17)29-21-18(13-28-30(20)21)22(31)32-23-10-14-6-15(11-23)8-16(7-14)12-23/h1-5,13-16,19-20,29H,6-12H2/t14?,15?,16?,19-,20+,23?/m0/s1. The van der Waals surface area contributed by atoms with Crippen molar-refractivity contribution >= 4 is 11.8 Å². The second kappa shape index (κ2) is 6.99. The number of ether oxygens (including phenoxy) is 1. The highest BCUT2D eigenvalue weighted by atomic mass is 19.4. The molecule has 0 radical (unpaired) electrons. The molecule has 32 heavy (non-hydrogen) atoms. The zero-order valence-electron chi connectivity index (χ0n) is 17.6. The van der Waals surface area contributed by atoms with Gasteiger partial charge in [0.1, 0.15) is 17.0 Å². The van der Waals surface area contributed by atoms with Crippen molar-refractivity contribution in [2.24, 2.45) is 17.8 Å². The topological polar surface area (TPSA) is 56.1 Å². The molecule has 170 valence electrons. The third-order valence-corrected chi connectivity index (χ3v) is 7.95. The van der Waals surface area contributed by atoms with E-state index >= 15 is 0 Å². The van der Waals surface area contributed by atoms with Gasteiger partial charge in [0, 0.05) is 6.42 Å². The van der Waals surface area contributed by atoms with Gasteiger partial charge in [0.15, 0.2) is 6.04 Å². The fourth-order valence-corrected chi connectivity index (χ4v) is 7.02. The van der Waals surface area contributed by atoms with Gasteiger partial charge in [-0.25, -0.2) is 9.48 Å². The Hall–Kier alpha value is -2.51. The van der Waals surface area contributed by atoms with Gasteiger partial charge in [0.25, 0.3) is 0 Å². The largest absolute Gasteiger partial charge is 0.455 e. The lowest BCUT2D eigenvalue weighted by Gasteiger charge is -2.55. The van der Waals surface area contributed by atoms with Crippen LogP contribution in [0.1, 0.15) is 73.0 Å². The Bertz CT molecular complexity index is 998. The number of nitrogens with one attached hydrogen (secondary N) is 1. The zero-order valence-corrected chi connectivity index (χ0v) is 17.6. The second-order valence-corrected chi connectivity index (χ2v) is 10.2. The number of aromatic nitrogens is 2. The summed E-state index contributed by atoms with van der Waals surface area (Å²) in [6, 6.07) is 6.64. The molecule has 5 aliphatic rings. The third-order valence-electron chi connectivity index (χ3n) is 7.95. The molecule has 2 heterocycles. The van der Waals surface area contributed by atoms with Crippen LogP contribution in [0.25, 0.3) is 0 Å². The molecule has 2 aromatic rings. The van der Waals surface area contributed by atoms with Crippen LogP contribution in [0.3, 0.4) is 0 Å². The molecule has 0 spiro atoms. The number of alkyl halides is 3. The molecule has 1 N–H and O–H groups in total. The predicted octanol–water partition coefficient (Wildman–Crippen LogP) is 5.67. The summed E-state index contributed by atoms with van der Waals surface area (Å²) in [6.45, 7) is 0. The first-order chi connectivity index (χ1) is 15.3. The summed E-state index contributed by atoms with van der Waals surface area (Å²) in [5.41, 5.74) is 0.377. The average molecular weight is 445 g/mol. The minimum atomic E-state index is -4.48. The number of carbonyl (C=O) groups is 1. The third kappa shape index (κ3) is 3.30. The van der Waals surface area contributed by atoms with E-state index in [-0.39, 0.29) is 17.8 Å². The number of carbonyl (C=O) groups excluding carboxylic acids is 1. The molecule has 4 fully saturated rings. The summed E-state index contributed by atoms with van der Waals surface area (Å²) in [5, 5.41) is 7.13. The van der Waals surface area contributed by atoms with E-state index in [0.29, 0.717) is 17.8 Å². The van der Waals surface area contributed by atoms with Gasteiger partial charge in [0.2, 0.25) is 0 Å². The Morgan fingerprint density at radius 1 is 1.03 bits per heavy atom. The maximum atomic E-state index is 13.9. The molecule has 0 amide bonds. The van der Waals surface area contributed by atoms with Crippen molar-refractivity contribution in [3.63, 3.8) is 0 Å². The fourth-order valence-electron chi connectivity index (χ4n) is 7.02. The van der Waals surface area contributed by atoms with Gasteiger partial charge in [-0.1, -0.05) is 30.3 Å². The first kappa shape index (κ1) is 20.1. The molecule has 2 atom stereocenters. The number of halogens is 3. The van der Waals surface area contributed by atoms with E-state index in [4.69, 9.17) is 4.74 Å². The number of hydrogen-bond acceptors (Lipinski definition) is 4. The lowest BCUT2D eigenvalue weighted by molar-refractivity contribution is -0.173. The molecule has 0 unspecified atom stereocenters. The van der Waals surface area contributed by atoms with Crippen LogP contribution in [0.2, 0.25) is 0 Å². The van der Waals surface area contributed by atoms with Crippen molar-refractivity contribution in [1.29, 1.82) is 0 Å². The maximum absolute atomic E-state index is 13.9. The van der Waals surface area contributed by atoms with Crippen LogP contribution in [0, 0.1) is 17.8 Å². The highest BCUT2D eigenvalue weighted by Crippen LogP contribution is 2.57. The average Bonchev–Trinajstić information content (AvgIpc) is 3.15. The highest BCUT2D eigenvalue weighted by molar-refractivity contribution is 5.95. The normalized spacial score (nSPS) is 35.3. The van der Waals surface area contributed by atoms with E-state index < -0.39 is 29.8 Å². The number of esters is 1. The molecule has 1 aliphatic heterocycles. The lowest BCUT2D eigenvalue weighted by Crippen LogP contribution is -2.52. The Labute approximate surface area is 184 Å². The van der Waals surface area contributed by atoms with Crippen molar-refractivity contribution < 1.29 is 22.7 Å². The quantitative estimate of drug-likeness (QED) is 0.619. The minimum absolute atomic E-state index is 0.0932. The minimum Gasteiger partial charge on any atom is -0.455 e. The molecule has 0 saturated heterocycles. The van der Waals surface area contributed by atoms with Crippen LogP contribution in [-0.2, 0) is 4.74 Å². The Balaban J connectivity index is 1.31. The molecule has 5 nitrogen and oxygen atoms in total. The summed E-state index contributed by atoms with van der Waals surface area (Å²) >= 11 is 0. The van der Waals surface area contributed by atoms with Gasteiger partial charge in [-0.15, -0.1) is 0 Å². The van der Waals surface area contributed by atoms with Gasteiger partial charge in [-0.05, 0) is 61.8 Å². The summed E-state index contributed by atoms with van der Waals surface area (Å²) in [6.07, 6.45) is 2.84. The van der Waals surface area contributed by atoms with Crippen LogP contribution in [0.4, 0.5) is 19.0 Å². The highest BCUT2D eigenvalue weighted by Gasteiger charge is 2.54. The molecular formula is C24H26F3N3O2. The summed E-state index contributed by atoms with van der Waals surface area (Å²) in [5.74, 6) is 1.35. The van der Waals surface area contributed by atoms with Crippen LogP contribution >= 0.6 is 0 Å². The number of hydrogen-bond donors (Lipinski definition) is 1.